The van der Waals surface area contributed by atoms with Gasteiger partial charge in [0.2, 0.25) is 10.0 Å². The Morgan fingerprint density at radius 1 is 1.50 bits per heavy atom. The van der Waals surface area contributed by atoms with Crippen LogP contribution in [0.1, 0.15) is 22.5 Å². The molecular weight excluding hydrogens is 298 g/mol. The number of amides is 1. The molecule has 1 aliphatic heterocycles. The second-order valence-corrected chi connectivity index (χ2v) is 7.50. The zero-order chi connectivity index (χ0) is 14.8. The summed E-state index contributed by atoms with van der Waals surface area (Å²) in [5.74, 6) is -0.0784. The maximum atomic E-state index is 12.5. The summed E-state index contributed by atoms with van der Waals surface area (Å²) in [6, 6.07) is 1.65. The van der Waals surface area contributed by atoms with Crippen LogP contribution in [0.2, 0.25) is 0 Å². The lowest BCUT2D eigenvalue weighted by Crippen LogP contribution is -2.40. The van der Waals surface area contributed by atoms with E-state index in [1.54, 1.807) is 0 Å². The number of likely N-dealkylation sites (N-methyl/N-ethyl adjacent to an activating group) is 1. The summed E-state index contributed by atoms with van der Waals surface area (Å²) < 4.78 is 25.6. The van der Waals surface area contributed by atoms with E-state index >= 15 is 0 Å². The molecule has 2 heterocycles. The number of thiophene rings is 1. The predicted molar refractivity (Wildman–Crippen MR) is 78.5 cm³/mol. The number of carbonyl (C=O) groups excluding carboxylic acids is 1. The molecule has 0 radical (unpaired) electrons. The Bertz CT molecular complexity index is 583. The molecule has 1 amide bonds. The van der Waals surface area contributed by atoms with Gasteiger partial charge in [0, 0.05) is 24.5 Å². The van der Waals surface area contributed by atoms with Crippen molar-refractivity contribution in [2.24, 2.45) is 0 Å². The number of likely N-dealkylation sites (tertiary alicyclic amines) is 1. The molecule has 0 saturated carbocycles. The lowest BCUT2D eigenvalue weighted by Gasteiger charge is -2.23. The SMILES string of the molecule is CNCC1CCCN1C(=O)c1cc(S(=O)(=O)NC)cs1. The summed E-state index contributed by atoms with van der Waals surface area (Å²) in [5, 5.41) is 4.59. The Labute approximate surface area is 123 Å². The molecule has 112 valence electrons. The summed E-state index contributed by atoms with van der Waals surface area (Å²) in [6.45, 7) is 1.50. The van der Waals surface area contributed by atoms with E-state index in [-0.39, 0.29) is 16.8 Å². The fourth-order valence-corrected chi connectivity index (χ4v) is 4.34. The molecule has 0 aliphatic carbocycles. The monoisotopic (exact) mass is 317 g/mol. The first-order valence-electron chi connectivity index (χ1n) is 6.47. The van der Waals surface area contributed by atoms with Crippen LogP contribution < -0.4 is 10.0 Å². The van der Waals surface area contributed by atoms with Crippen LogP contribution >= 0.6 is 11.3 Å². The van der Waals surface area contributed by atoms with Crippen molar-refractivity contribution in [3.05, 3.63) is 16.3 Å². The summed E-state index contributed by atoms with van der Waals surface area (Å²) in [4.78, 5) is 14.9. The second-order valence-electron chi connectivity index (χ2n) is 4.71. The van der Waals surface area contributed by atoms with Crippen LogP contribution in [0.25, 0.3) is 0 Å². The Kier molecular flexibility index (Phi) is 4.79. The molecule has 2 rings (SSSR count). The van der Waals surface area contributed by atoms with Crippen molar-refractivity contribution < 1.29 is 13.2 Å². The van der Waals surface area contributed by atoms with E-state index in [9.17, 15) is 13.2 Å². The molecule has 1 aromatic heterocycles. The van der Waals surface area contributed by atoms with Crippen LogP contribution in [0, 0.1) is 0 Å². The number of nitrogens with one attached hydrogen (secondary N) is 2. The minimum absolute atomic E-state index is 0.0784. The maximum Gasteiger partial charge on any atom is 0.264 e. The summed E-state index contributed by atoms with van der Waals surface area (Å²) >= 11 is 1.18. The fraction of sp³-hybridized carbons (Fsp3) is 0.583. The maximum absolute atomic E-state index is 12.5. The smallest absolute Gasteiger partial charge is 0.264 e. The van der Waals surface area contributed by atoms with E-state index < -0.39 is 10.0 Å². The molecule has 20 heavy (non-hydrogen) atoms. The molecule has 1 atom stereocenters. The third kappa shape index (κ3) is 3.03. The molecule has 1 aromatic rings. The first kappa shape index (κ1) is 15.4. The van der Waals surface area contributed by atoms with Crippen molar-refractivity contribution in [2.45, 2.75) is 23.8 Å². The molecule has 1 fully saturated rings. The number of sulfonamides is 1. The number of nitrogens with zero attached hydrogens (tertiary/aromatic N) is 1. The standard InChI is InChI=1S/C12H19N3O3S2/c1-13-7-9-4-3-5-15(9)12(16)11-6-10(8-19-11)20(17,18)14-2/h6,8-9,13-14H,3-5,7H2,1-2H3. The number of rotatable bonds is 5. The van der Waals surface area contributed by atoms with E-state index in [4.69, 9.17) is 0 Å². The van der Waals surface area contributed by atoms with Gasteiger partial charge < -0.3 is 10.2 Å². The average molecular weight is 317 g/mol. The van der Waals surface area contributed by atoms with Crippen molar-refractivity contribution in [1.82, 2.24) is 14.9 Å². The van der Waals surface area contributed by atoms with Gasteiger partial charge in [-0.3, -0.25) is 4.79 Å². The molecule has 0 bridgehead atoms. The van der Waals surface area contributed by atoms with Gasteiger partial charge in [0.05, 0.1) is 9.77 Å². The largest absolute Gasteiger partial charge is 0.334 e. The number of carbonyl (C=O) groups is 1. The van der Waals surface area contributed by atoms with Gasteiger partial charge in [-0.1, -0.05) is 0 Å². The van der Waals surface area contributed by atoms with Crippen LogP contribution in [0.5, 0.6) is 0 Å². The lowest BCUT2D eigenvalue weighted by molar-refractivity contribution is 0.0742. The topological polar surface area (TPSA) is 78.5 Å². The highest BCUT2D eigenvalue weighted by Gasteiger charge is 2.30. The molecule has 0 aromatic carbocycles. The van der Waals surface area contributed by atoms with E-state index in [2.05, 4.69) is 10.0 Å². The van der Waals surface area contributed by atoms with Crippen LogP contribution in [-0.2, 0) is 10.0 Å². The van der Waals surface area contributed by atoms with Crippen molar-refractivity contribution in [2.75, 3.05) is 27.2 Å². The highest BCUT2D eigenvalue weighted by molar-refractivity contribution is 7.89. The van der Waals surface area contributed by atoms with Gasteiger partial charge in [-0.05, 0) is 33.0 Å². The zero-order valence-electron chi connectivity index (χ0n) is 11.5. The molecule has 0 spiro atoms. The Morgan fingerprint density at radius 3 is 2.90 bits per heavy atom. The summed E-state index contributed by atoms with van der Waals surface area (Å²) in [6.07, 6.45) is 1.98. The van der Waals surface area contributed by atoms with Gasteiger partial charge in [-0.2, -0.15) is 0 Å². The zero-order valence-corrected chi connectivity index (χ0v) is 13.2. The molecule has 2 N–H and O–H groups in total. The summed E-state index contributed by atoms with van der Waals surface area (Å²) in [5.41, 5.74) is 0. The fourth-order valence-electron chi connectivity index (χ4n) is 2.38. The molecular formula is C12H19N3O3S2. The predicted octanol–water partition coefficient (Wildman–Crippen LogP) is 0.480. The first-order valence-corrected chi connectivity index (χ1v) is 8.83. The van der Waals surface area contributed by atoms with Crippen molar-refractivity contribution in [1.29, 1.82) is 0 Å². The average Bonchev–Trinajstić information content (AvgIpc) is 3.07. The minimum Gasteiger partial charge on any atom is -0.334 e. The highest BCUT2D eigenvalue weighted by atomic mass is 32.2. The van der Waals surface area contributed by atoms with Crippen molar-refractivity contribution >= 4 is 27.3 Å². The first-order chi connectivity index (χ1) is 9.49. The number of hydrogen-bond acceptors (Lipinski definition) is 5. The Hall–Kier alpha value is -0.960. The third-order valence-corrected chi connectivity index (χ3v) is 5.90. The Balaban J connectivity index is 2.18. The van der Waals surface area contributed by atoms with Gasteiger partial charge in [-0.25, -0.2) is 13.1 Å². The van der Waals surface area contributed by atoms with Gasteiger partial charge in [0.25, 0.3) is 5.91 Å². The van der Waals surface area contributed by atoms with E-state index in [0.717, 1.165) is 25.9 Å². The molecule has 1 aliphatic rings. The lowest BCUT2D eigenvalue weighted by atomic mass is 10.2. The van der Waals surface area contributed by atoms with Crippen LogP contribution in [0.15, 0.2) is 16.3 Å². The third-order valence-electron chi connectivity index (χ3n) is 3.44. The van der Waals surface area contributed by atoms with Crippen molar-refractivity contribution in [3.8, 4) is 0 Å². The summed E-state index contributed by atoms with van der Waals surface area (Å²) in [7, 11) is -0.257. The highest BCUT2D eigenvalue weighted by Crippen LogP contribution is 2.25. The van der Waals surface area contributed by atoms with Crippen LogP contribution in [0.3, 0.4) is 0 Å². The van der Waals surface area contributed by atoms with Gasteiger partial charge in [0.1, 0.15) is 0 Å². The van der Waals surface area contributed by atoms with Crippen molar-refractivity contribution in [3.63, 3.8) is 0 Å². The molecule has 8 heteroatoms. The van der Waals surface area contributed by atoms with E-state index in [0.29, 0.717) is 4.88 Å². The number of hydrogen-bond donors (Lipinski definition) is 2. The quantitative estimate of drug-likeness (QED) is 0.828. The van der Waals surface area contributed by atoms with Crippen LogP contribution in [-0.4, -0.2) is 52.5 Å². The Morgan fingerprint density at radius 2 is 2.25 bits per heavy atom. The van der Waals surface area contributed by atoms with E-state index in [1.807, 2.05) is 11.9 Å². The van der Waals surface area contributed by atoms with Gasteiger partial charge >= 0.3 is 0 Å². The van der Waals surface area contributed by atoms with Gasteiger partial charge in [0.15, 0.2) is 0 Å². The molecule has 6 nitrogen and oxygen atoms in total. The van der Waals surface area contributed by atoms with Gasteiger partial charge in [-0.15, -0.1) is 11.3 Å². The molecule has 1 unspecified atom stereocenters. The normalized spacial score (nSPS) is 19.5. The molecule has 1 saturated heterocycles. The van der Waals surface area contributed by atoms with E-state index in [1.165, 1.54) is 29.8 Å². The van der Waals surface area contributed by atoms with Crippen LogP contribution in [0.4, 0.5) is 0 Å². The minimum atomic E-state index is -3.48. The second kappa shape index (κ2) is 6.21.